The number of ether oxygens (including phenoxy) is 1. The van der Waals surface area contributed by atoms with E-state index in [1.165, 1.54) is 0 Å². The van der Waals surface area contributed by atoms with E-state index < -0.39 is 11.8 Å². The number of hydrogen-bond acceptors (Lipinski definition) is 4. The third kappa shape index (κ3) is 3.67. The number of carbonyl (C=O) groups is 3. The van der Waals surface area contributed by atoms with Crippen LogP contribution in [0.5, 0.6) is 5.75 Å². The molecule has 6 heteroatoms. The number of aryl methyl sites for hydroxylation is 1. The number of ketones is 1. The SMILES string of the molecule is CCc1ccccc1OCC(=O)NNC(=O)c1ccc2c(c1)C(=O)c1ccccc1-2. The zero-order valence-corrected chi connectivity index (χ0v) is 16.4. The fourth-order valence-electron chi connectivity index (χ4n) is 3.48. The van der Waals surface area contributed by atoms with Gasteiger partial charge in [0.1, 0.15) is 5.75 Å². The Morgan fingerprint density at radius 1 is 0.833 bits per heavy atom. The standard InChI is InChI=1S/C24H20N2O4/c1-2-15-7-3-6-10-21(15)30-14-22(27)25-26-24(29)16-11-12-18-17-8-4-5-9-19(17)23(28)20(18)13-16/h3-13H,2,14H2,1H3,(H,25,27)(H,26,29). The lowest BCUT2D eigenvalue weighted by Crippen LogP contribution is -2.43. The molecular formula is C24H20N2O4. The Balaban J connectivity index is 1.37. The predicted octanol–water partition coefficient (Wildman–Crippen LogP) is 3.30. The van der Waals surface area contributed by atoms with E-state index in [0.717, 1.165) is 23.1 Å². The Labute approximate surface area is 173 Å². The lowest BCUT2D eigenvalue weighted by Gasteiger charge is -2.11. The van der Waals surface area contributed by atoms with Crippen molar-refractivity contribution >= 4 is 17.6 Å². The zero-order valence-electron chi connectivity index (χ0n) is 16.4. The summed E-state index contributed by atoms with van der Waals surface area (Å²) in [5.41, 5.74) is 8.76. The Bertz CT molecular complexity index is 1150. The number of nitrogens with one attached hydrogen (secondary N) is 2. The fraction of sp³-hybridized carbons (Fsp3) is 0.125. The summed E-state index contributed by atoms with van der Waals surface area (Å²) < 4.78 is 5.53. The van der Waals surface area contributed by atoms with Gasteiger partial charge in [0.2, 0.25) is 0 Å². The van der Waals surface area contributed by atoms with E-state index in [4.69, 9.17) is 4.74 Å². The highest BCUT2D eigenvalue weighted by Crippen LogP contribution is 2.36. The van der Waals surface area contributed by atoms with E-state index in [-0.39, 0.29) is 18.0 Å². The maximum Gasteiger partial charge on any atom is 0.276 e. The highest BCUT2D eigenvalue weighted by Gasteiger charge is 2.27. The topological polar surface area (TPSA) is 84.5 Å². The first kappa shape index (κ1) is 19.4. The Hall–Kier alpha value is -3.93. The maximum atomic E-state index is 12.6. The smallest absolute Gasteiger partial charge is 0.276 e. The van der Waals surface area contributed by atoms with Gasteiger partial charge in [0, 0.05) is 16.7 Å². The first-order valence-electron chi connectivity index (χ1n) is 9.66. The van der Waals surface area contributed by atoms with E-state index in [2.05, 4.69) is 10.9 Å². The van der Waals surface area contributed by atoms with Crippen LogP contribution in [0.3, 0.4) is 0 Å². The van der Waals surface area contributed by atoms with E-state index in [9.17, 15) is 14.4 Å². The number of fused-ring (bicyclic) bond motifs is 3. The van der Waals surface area contributed by atoms with Gasteiger partial charge in [-0.05, 0) is 41.3 Å². The molecule has 3 aromatic rings. The third-order valence-corrected chi connectivity index (χ3v) is 5.02. The molecular weight excluding hydrogens is 380 g/mol. The molecule has 30 heavy (non-hydrogen) atoms. The summed E-state index contributed by atoms with van der Waals surface area (Å²) in [5, 5.41) is 0. The van der Waals surface area contributed by atoms with Gasteiger partial charge in [-0.2, -0.15) is 0 Å². The highest BCUT2D eigenvalue weighted by molar-refractivity contribution is 6.22. The van der Waals surface area contributed by atoms with Crippen molar-refractivity contribution in [1.29, 1.82) is 0 Å². The molecule has 3 aromatic carbocycles. The average molecular weight is 400 g/mol. The maximum absolute atomic E-state index is 12.6. The summed E-state index contributed by atoms with van der Waals surface area (Å²) in [5.74, 6) is -0.469. The Morgan fingerprint density at radius 2 is 1.53 bits per heavy atom. The first-order chi connectivity index (χ1) is 14.6. The molecule has 0 bridgehead atoms. The van der Waals surface area contributed by atoms with Crippen molar-refractivity contribution in [3.05, 3.63) is 89.0 Å². The summed E-state index contributed by atoms with van der Waals surface area (Å²) in [6, 6.07) is 19.7. The van der Waals surface area contributed by atoms with Gasteiger partial charge in [0.05, 0.1) is 0 Å². The molecule has 0 radical (unpaired) electrons. The van der Waals surface area contributed by atoms with Gasteiger partial charge >= 0.3 is 0 Å². The molecule has 0 saturated carbocycles. The average Bonchev–Trinajstić information content (AvgIpc) is 3.08. The van der Waals surface area contributed by atoms with Crippen LogP contribution in [0.2, 0.25) is 0 Å². The van der Waals surface area contributed by atoms with E-state index in [0.29, 0.717) is 16.9 Å². The number of carbonyl (C=O) groups excluding carboxylic acids is 3. The molecule has 0 aliphatic heterocycles. The summed E-state index contributed by atoms with van der Waals surface area (Å²) in [6.07, 6.45) is 0.787. The Kier molecular flexibility index (Phi) is 5.30. The van der Waals surface area contributed by atoms with E-state index in [1.54, 1.807) is 30.3 Å². The Morgan fingerprint density at radius 3 is 2.33 bits per heavy atom. The van der Waals surface area contributed by atoms with Crippen LogP contribution in [0.25, 0.3) is 11.1 Å². The largest absolute Gasteiger partial charge is 0.483 e. The molecule has 1 aliphatic rings. The molecule has 6 nitrogen and oxygen atoms in total. The molecule has 0 saturated heterocycles. The van der Waals surface area contributed by atoms with Crippen LogP contribution < -0.4 is 15.6 Å². The number of amides is 2. The first-order valence-corrected chi connectivity index (χ1v) is 9.66. The van der Waals surface area contributed by atoms with E-state index in [1.807, 2.05) is 43.3 Å². The molecule has 150 valence electrons. The second kappa shape index (κ2) is 8.21. The molecule has 0 fully saturated rings. The molecule has 4 rings (SSSR count). The summed E-state index contributed by atoms with van der Waals surface area (Å²) >= 11 is 0. The lowest BCUT2D eigenvalue weighted by molar-refractivity contribution is -0.123. The van der Waals surface area contributed by atoms with Crippen LogP contribution in [0.1, 0.15) is 38.8 Å². The van der Waals surface area contributed by atoms with Crippen LogP contribution in [0, 0.1) is 0 Å². The summed E-state index contributed by atoms with van der Waals surface area (Å²) in [6.45, 7) is 1.78. The van der Waals surface area contributed by atoms with Crippen LogP contribution >= 0.6 is 0 Å². The molecule has 2 N–H and O–H groups in total. The van der Waals surface area contributed by atoms with Gasteiger partial charge in [-0.1, -0.05) is 55.5 Å². The number of rotatable bonds is 5. The summed E-state index contributed by atoms with van der Waals surface area (Å²) in [7, 11) is 0. The van der Waals surface area contributed by atoms with Crippen molar-refractivity contribution in [2.75, 3.05) is 6.61 Å². The van der Waals surface area contributed by atoms with Crippen molar-refractivity contribution in [2.24, 2.45) is 0 Å². The quantitative estimate of drug-likeness (QED) is 0.504. The predicted molar refractivity (Wildman–Crippen MR) is 112 cm³/mol. The van der Waals surface area contributed by atoms with Gasteiger partial charge in [0.25, 0.3) is 11.8 Å². The third-order valence-electron chi connectivity index (χ3n) is 5.02. The molecule has 1 aliphatic carbocycles. The van der Waals surface area contributed by atoms with Gasteiger partial charge in [0.15, 0.2) is 12.4 Å². The molecule has 0 aromatic heterocycles. The molecule has 0 unspecified atom stereocenters. The van der Waals surface area contributed by atoms with Crippen molar-refractivity contribution in [3.8, 4) is 16.9 Å². The van der Waals surface area contributed by atoms with Gasteiger partial charge in [-0.25, -0.2) is 0 Å². The number of para-hydroxylation sites is 1. The lowest BCUT2D eigenvalue weighted by atomic mass is 10.0. The van der Waals surface area contributed by atoms with Crippen LogP contribution in [0.15, 0.2) is 66.7 Å². The van der Waals surface area contributed by atoms with E-state index >= 15 is 0 Å². The highest BCUT2D eigenvalue weighted by atomic mass is 16.5. The van der Waals surface area contributed by atoms with Gasteiger partial charge in [-0.3, -0.25) is 25.2 Å². The number of hydrazine groups is 1. The van der Waals surface area contributed by atoms with Crippen molar-refractivity contribution < 1.29 is 19.1 Å². The number of hydrogen-bond donors (Lipinski definition) is 2. The van der Waals surface area contributed by atoms with Gasteiger partial charge in [-0.15, -0.1) is 0 Å². The molecule has 0 atom stereocenters. The van der Waals surface area contributed by atoms with Crippen molar-refractivity contribution in [1.82, 2.24) is 10.9 Å². The normalized spacial score (nSPS) is 11.4. The summed E-state index contributed by atoms with van der Waals surface area (Å²) in [4.78, 5) is 37.0. The monoisotopic (exact) mass is 400 g/mol. The van der Waals surface area contributed by atoms with Crippen LogP contribution in [-0.2, 0) is 11.2 Å². The molecule has 0 spiro atoms. The van der Waals surface area contributed by atoms with Crippen LogP contribution in [0.4, 0.5) is 0 Å². The fourth-order valence-corrected chi connectivity index (χ4v) is 3.48. The second-order valence-corrected chi connectivity index (χ2v) is 6.89. The minimum Gasteiger partial charge on any atom is -0.483 e. The van der Waals surface area contributed by atoms with Gasteiger partial charge < -0.3 is 4.74 Å². The van der Waals surface area contributed by atoms with Crippen molar-refractivity contribution in [3.63, 3.8) is 0 Å². The number of benzene rings is 3. The minimum atomic E-state index is -0.510. The van der Waals surface area contributed by atoms with Crippen LogP contribution in [-0.4, -0.2) is 24.2 Å². The molecule has 0 heterocycles. The zero-order chi connectivity index (χ0) is 21.1. The second-order valence-electron chi connectivity index (χ2n) is 6.89. The molecule has 2 amide bonds. The van der Waals surface area contributed by atoms with Crippen molar-refractivity contribution in [2.45, 2.75) is 13.3 Å². The minimum absolute atomic E-state index is 0.109.